The number of nitrogens with zero attached hydrogens (tertiary/aromatic N) is 1. The van der Waals surface area contributed by atoms with Crippen molar-refractivity contribution in [3.63, 3.8) is 0 Å². The van der Waals surface area contributed by atoms with Gasteiger partial charge in [0, 0.05) is 23.7 Å². The van der Waals surface area contributed by atoms with Crippen LogP contribution in [0, 0.1) is 6.92 Å². The molecule has 1 aromatic carbocycles. The summed E-state index contributed by atoms with van der Waals surface area (Å²) < 4.78 is 5.25. The number of hydrogen-bond acceptors (Lipinski definition) is 3. The van der Waals surface area contributed by atoms with Crippen LogP contribution in [0.3, 0.4) is 0 Å². The number of benzene rings is 1. The van der Waals surface area contributed by atoms with Crippen molar-refractivity contribution in [3.8, 4) is 22.5 Å². The fourth-order valence-corrected chi connectivity index (χ4v) is 2.68. The molecule has 0 spiro atoms. The molecular formula is C19H18N2O2. The third-order valence-electron chi connectivity index (χ3n) is 3.76. The van der Waals surface area contributed by atoms with Crippen LogP contribution in [0.2, 0.25) is 0 Å². The van der Waals surface area contributed by atoms with E-state index < -0.39 is 0 Å². The number of rotatable bonds is 4. The summed E-state index contributed by atoms with van der Waals surface area (Å²) >= 11 is 0. The van der Waals surface area contributed by atoms with Gasteiger partial charge in [-0.15, -0.1) is 0 Å². The second kappa shape index (κ2) is 6.48. The van der Waals surface area contributed by atoms with Crippen molar-refractivity contribution in [2.24, 2.45) is 0 Å². The van der Waals surface area contributed by atoms with Crippen LogP contribution >= 0.6 is 0 Å². The van der Waals surface area contributed by atoms with E-state index >= 15 is 0 Å². The summed E-state index contributed by atoms with van der Waals surface area (Å²) in [7, 11) is 0. The number of pyridine rings is 1. The molecule has 0 saturated heterocycles. The summed E-state index contributed by atoms with van der Waals surface area (Å²) in [6, 6.07) is 13.6. The summed E-state index contributed by atoms with van der Waals surface area (Å²) in [5, 5.41) is 0. The molecule has 23 heavy (non-hydrogen) atoms. The fraction of sp³-hybridized carbons (Fsp3) is 0.158. The zero-order valence-corrected chi connectivity index (χ0v) is 13.2. The maximum absolute atomic E-state index is 12.4. The maximum Gasteiger partial charge on any atom is 0.340 e. The quantitative estimate of drug-likeness (QED) is 0.734. The minimum Gasteiger partial charge on any atom is -0.462 e. The SMILES string of the molecule is CCOC(=O)c1c(-c2ccccc2)[nH]c(-c2ccncc2)c1C. The monoisotopic (exact) mass is 306 g/mol. The molecule has 0 radical (unpaired) electrons. The van der Waals surface area contributed by atoms with E-state index in [0.717, 1.165) is 28.1 Å². The Morgan fingerprint density at radius 2 is 1.70 bits per heavy atom. The van der Waals surface area contributed by atoms with Crippen LogP contribution in [0.4, 0.5) is 0 Å². The van der Waals surface area contributed by atoms with Crippen LogP contribution in [0.5, 0.6) is 0 Å². The van der Waals surface area contributed by atoms with E-state index in [2.05, 4.69) is 9.97 Å². The predicted molar refractivity (Wildman–Crippen MR) is 90.2 cm³/mol. The average molecular weight is 306 g/mol. The lowest BCUT2D eigenvalue weighted by Crippen LogP contribution is -2.06. The number of ether oxygens (including phenoxy) is 1. The molecule has 3 rings (SSSR count). The molecule has 0 aliphatic rings. The van der Waals surface area contributed by atoms with Crippen molar-refractivity contribution in [2.75, 3.05) is 6.61 Å². The minimum absolute atomic E-state index is 0.305. The Morgan fingerprint density at radius 1 is 1.04 bits per heavy atom. The van der Waals surface area contributed by atoms with Gasteiger partial charge in [0.15, 0.2) is 0 Å². The lowest BCUT2D eigenvalue weighted by Gasteiger charge is -2.05. The van der Waals surface area contributed by atoms with Gasteiger partial charge in [-0.1, -0.05) is 30.3 Å². The number of carbonyl (C=O) groups is 1. The number of carbonyl (C=O) groups excluding carboxylic acids is 1. The van der Waals surface area contributed by atoms with Gasteiger partial charge in [-0.25, -0.2) is 4.79 Å². The van der Waals surface area contributed by atoms with Crippen LogP contribution in [0.25, 0.3) is 22.5 Å². The molecule has 0 aliphatic carbocycles. The predicted octanol–water partition coefficient (Wildman–Crippen LogP) is 4.23. The molecule has 0 bridgehead atoms. The smallest absolute Gasteiger partial charge is 0.340 e. The van der Waals surface area contributed by atoms with E-state index in [4.69, 9.17) is 4.74 Å². The molecule has 1 N–H and O–H groups in total. The van der Waals surface area contributed by atoms with Crippen molar-refractivity contribution in [2.45, 2.75) is 13.8 Å². The third kappa shape index (κ3) is 2.88. The van der Waals surface area contributed by atoms with Crippen LogP contribution in [-0.4, -0.2) is 22.5 Å². The second-order valence-corrected chi connectivity index (χ2v) is 5.20. The molecule has 0 saturated carbocycles. The summed E-state index contributed by atoms with van der Waals surface area (Å²) in [5.74, 6) is -0.305. The van der Waals surface area contributed by atoms with Gasteiger partial charge in [-0.3, -0.25) is 4.98 Å². The lowest BCUT2D eigenvalue weighted by atomic mass is 10.0. The summed E-state index contributed by atoms with van der Waals surface area (Å²) in [5.41, 5.74) is 5.12. The van der Waals surface area contributed by atoms with Crippen molar-refractivity contribution in [1.82, 2.24) is 9.97 Å². The number of nitrogens with one attached hydrogen (secondary N) is 1. The van der Waals surface area contributed by atoms with Gasteiger partial charge in [0.2, 0.25) is 0 Å². The Kier molecular flexibility index (Phi) is 4.24. The molecule has 116 valence electrons. The Balaban J connectivity index is 2.20. The molecule has 3 aromatic rings. The molecule has 0 aliphatic heterocycles. The Labute approximate surface area is 135 Å². The van der Waals surface area contributed by atoms with E-state index in [-0.39, 0.29) is 5.97 Å². The van der Waals surface area contributed by atoms with Gasteiger partial charge >= 0.3 is 5.97 Å². The standard InChI is InChI=1S/C19H18N2O2/c1-3-23-19(22)16-13(2)17(15-9-11-20-12-10-15)21-18(16)14-7-5-4-6-8-14/h4-12,21H,3H2,1-2H3. The number of hydrogen-bond donors (Lipinski definition) is 1. The highest BCUT2D eigenvalue weighted by molar-refractivity contribution is 6.00. The Bertz CT molecular complexity index is 808. The molecular weight excluding hydrogens is 288 g/mol. The first-order valence-corrected chi connectivity index (χ1v) is 7.58. The highest BCUT2D eigenvalue weighted by Gasteiger charge is 2.23. The maximum atomic E-state index is 12.4. The Morgan fingerprint density at radius 3 is 2.35 bits per heavy atom. The van der Waals surface area contributed by atoms with Gasteiger partial charge in [0.1, 0.15) is 0 Å². The van der Waals surface area contributed by atoms with Gasteiger partial charge in [-0.05, 0) is 37.1 Å². The first kappa shape index (κ1) is 15.0. The van der Waals surface area contributed by atoms with E-state index in [1.807, 2.05) is 56.3 Å². The Hall–Kier alpha value is -2.88. The molecule has 2 aromatic heterocycles. The topological polar surface area (TPSA) is 55.0 Å². The molecule has 0 fully saturated rings. The minimum atomic E-state index is -0.305. The summed E-state index contributed by atoms with van der Waals surface area (Å²) in [6.07, 6.45) is 3.48. The number of aromatic amines is 1. The first-order valence-electron chi connectivity index (χ1n) is 7.58. The van der Waals surface area contributed by atoms with Crippen molar-refractivity contribution in [3.05, 3.63) is 66.0 Å². The number of aromatic nitrogens is 2. The van der Waals surface area contributed by atoms with E-state index in [1.54, 1.807) is 12.4 Å². The second-order valence-electron chi connectivity index (χ2n) is 5.20. The largest absolute Gasteiger partial charge is 0.462 e. The van der Waals surface area contributed by atoms with Crippen LogP contribution < -0.4 is 0 Å². The highest BCUT2D eigenvalue weighted by Crippen LogP contribution is 2.33. The number of H-pyrrole nitrogens is 1. The van der Waals surface area contributed by atoms with Gasteiger partial charge in [0.05, 0.1) is 17.9 Å². The molecule has 0 unspecified atom stereocenters. The summed E-state index contributed by atoms with van der Waals surface area (Å²) in [6.45, 7) is 4.10. The molecule has 4 heteroatoms. The van der Waals surface area contributed by atoms with Gasteiger partial charge in [-0.2, -0.15) is 0 Å². The third-order valence-corrected chi connectivity index (χ3v) is 3.76. The van der Waals surface area contributed by atoms with Gasteiger partial charge in [0.25, 0.3) is 0 Å². The van der Waals surface area contributed by atoms with E-state index in [9.17, 15) is 4.79 Å². The zero-order chi connectivity index (χ0) is 16.2. The van der Waals surface area contributed by atoms with E-state index in [1.165, 1.54) is 0 Å². The zero-order valence-electron chi connectivity index (χ0n) is 13.2. The molecule has 2 heterocycles. The summed E-state index contributed by atoms with van der Waals surface area (Å²) in [4.78, 5) is 19.9. The lowest BCUT2D eigenvalue weighted by molar-refractivity contribution is 0.0527. The molecule has 0 amide bonds. The first-order chi connectivity index (χ1) is 11.2. The average Bonchev–Trinajstić information content (AvgIpc) is 2.94. The van der Waals surface area contributed by atoms with Crippen LogP contribution in [-0.2, 0) is 4.74 Å². The van der Waals surface area contributed by atoms with Crippen molar-refractivity contribution < 1.29 is 9.53 Å². The van der Waals surface area contributed by atoms with E-state index in [0.29, 0.717) is 12.2 Å². The van der Waals surface area contributed by atoms with Crippen molar-refractivity contribution in [1.29, 1.82) is 0 Å². The fourth-order valence-electron chi connectivity index (χ4n) is 2.68. The van der Waals surface area contributed by atoms with Crippen molar-refractivity contribution >= 4 is 5.97 Å². The van der Waals surface area contributed by atoms with Gasteiger partial charge < -0.3 is 9.72 Å². The molecule has 0 atom stereocenters. The molecule has 4 nitrogen and oxygen atoms in total. The number of esters is 1. The van der Waals surface area contributed by atoms with Crippen LogP contribution in [0.1, 0.15) is 22.8 Å². The van der Waals surface area contributed by atoms with Crippen LogP contribution in [0.15, 0.2) is 54.9 Å². The highest BCUT2D eigenvalue weighted by atomic mass is 16.5. The normalized spacial score (nSPS) is 10.5.